The van der Waals surface area contributed by atoms with Crippen molar-refractivity contribution in [3.05, 3.63) is 58.0 Å². The number of rotatable bonds is 4. The molecule has 2 heterocycles. The van der Waals surface area contributed by atoms with Gasteiger partial charge in [-0.25, -0.2) is 18.2 Å². The first-order valence-electron chi connectivity index (χ1n) is 9.54. The first kappa shape index (κ1) is 21.2. The monoisotopic (exact) mass is 418 g/mol. The van der Waals surface area contributed by atoms with Crippen molar-refractivity contribution < 1.29 is 13.2 Å². The lowest BCUT2D eigenvalue weighted by molar-refractivity contribution is 0.0704. The number of sulfonamides is 1. The van der Waals surface area contributed by atoms with E-state index >= 15 is 0 Å². The van der Waals surface area contributed by atoms with Crippen LogP contribution in [0.4, 0.5) is 0 Å². The number of nitrogens with zero attached hydrogens (tertiary/aromatic N) is 2. The number of hydrogen-bond acceptors (Lipinski definition) is 5. The molecule has 1 aromatic carbocycles. The summed E-state index contributed by atoms with van der Waals surface area (Å²) in [6.45, 7) is 7.05. The molecule has 0 atom stereocenters. The summed E-state index contributed by atoms with van der Waals surface area (Å²) in [6, 6.07) is 9.34. The van der Waals surface area contributed by atoms with Gasteiger partial charge in [0.15, 0.2) is 0 Å². The molecule has 0 unspecified atom stereocenters. The third-order valence-corrected chi connectivity index (χ3v) is 6.57. The van der Waals surface area contributed by atoms with Gasteiger partial charge in [0, 0.05) is 25.2 Å². The molecule has 0 aliphatic carbocycles. The van der Waals surface area contributed by atoms with Crippen LogP contribution < -0.4 is 10.3 Å². The third kappa shape index (κ3) is 5.10. The van der Waals surface area contributed by atoms with E-state index in [0.29, 0.717) is 25.9 Å². The Hall–Kier alpha value is -2.52. The highest BCUT2D eigenvalue weighted by atomic mass is 32.2. The van der Waals surface area contributed by atoms with E-state index in [0.717, 1.165) is 5.56 Å². The van der Waals surface area contributed by atoms with Crippen molar-refractivity contribution in [2.45, 2.75) is 50.0 Å². The Morgan fingerprint density at radius 3 is 2.24 bits per heavy atom. The van der Waals surface area contributed by atoms with Crippen molar-refractivity contribution in [3.63, 3.8) is 0 Å². The van der Waals surface area contributed by atoms with Gasteiger partial charge in [-0.05, 0) is 42.0 Å². The summed E-state index contributed by atoms with van der Waals surface area (Å²) in [6.07, 6.45) is 1.02. The number of benzene rings is 1. The van der Waals surface area contributed by atoms with Gasteiger partial charge in [0.2, 0.25) is 10.0 Å². The lowest BCUT2D eigenvalue weighted by Gasteiger charge is -2.32. The molecule has 0 radical (unpaired) electrons. The highest BCUT2D eigenvalue weighted by molar-refractivity contribution is 7.89. The molecule has 29 heavy (non-hydrogen) atoms. The third-order valence-electron chi connectivity index (χ3n) is 5.03. The molecule has 3 rings (SSSR count). The van der Waals surface area contributed by atoms with Crippen LogP contribution >= 0.6 is 0 Å². The SMILES string of the molecule is CC(C)(C)c1ccc(S(=O)(=O)NC2CCN(C(=O)c3ccc(=O)[nH]n3)CC2)cc1. The van der Waals surface area contributed by atoms with Gasteiger partial charge in [-0.1, -0.05) is 32.9 Å². The fraction of sp³-hybridized carbons (Fsp3) is 0.450. The molecule has 1 aliphatic heterocycles. The normalized spacial score (nSPS) is 16.0. The van der Waals surface area contributed by atoms with Gasteiger partial charge in [0.1, 0.15) is 5.69 Å². The van der Waals surface area contributed by atoms with Crippen LogP contribution in [0.15, 0.2) is 46.1 Å². The van der Waals surface area contributed by atoms with E-state index in [1.165, 1.54) is 12.1 Å². The predicted octanol–water partition coefficient (Wildman–Crippen LogP) is 1.65. The zero-order chi connectivity index (χ0) is 21.2. The van der Waals surface area contributed by atoms with Gasteiger partial charge in [0.05, 0.1) is 4.90 Å². The van der Waals surface area contributed by atoms with Crippen molar-refractivity contribution >= 4 is 15.9 Å². The molecule has 9 heteroatoms. The second-order valence-electron chi connectivity index (χ2n) is 8.27. The lowest BCUT2D eigenvalue weighted by Crippen LogP contribution is -2.46. The van der Waals surface area contributed by atoms with E-state index in [4.69, 9.17) is 0 Å². The van der Waals surface area contributed by atoms with Gasteiger partial charge in [-0.3, -0.25) is 9.59 Å². The van der Waals surface area contributed by atoms with Crippen LogP contribution in [0.2, 0.25) is 0 Å². The zero-order valence-electron chi connectivity index (χ0n) is 16.8. The maximum Gasteiger partial charge on any atom is 0.274 e. The molecule has 1 saturated heterocycles. The zero-order valence-corrected chi connectivity index (χ0v) is 17.6. The fourth-order valence-corrected chi connectivity index (χ4v) is 4.55. The molecule has 1 aromatic heterocycles. The van der Waals surface area contributed by atoms with Gasteiger partial charge in [-0.15, -0.1) is 0 Å². The maximum absolute atomic E-state index is 12.7. The van der Waals surface area contributed by atoms with E-state index < -0.39 is 10.0 Å². The second kappa shape index (κ2) is 8.08. The first-order chi connectivity index (χ1) is 13.6. The van der Waals surface area contributed by atoms with Crippen molar-refractivity contribution in [2.24, 2.45) is 0 Å². The van der Waals surface area contributed by atoms with E-state index in [1.54, 1.807) is 17.0 Å². The summed E-state index contributed by atoms with van der Waals surface area (Å²) in [5.74, 6) is -0.277. The van der Waals surface area contributed by atoms with Crippen LogP contribution in [0, 0.1) is 0 Å². The Balaban J connectivity index is 1.60. The average Bonchev–Trinajstić information content (AvgIpc) is 2.68. The van der Waals surface area contributed by atoms with E-state index in [9.17, 15) is 18.0 Å². The molecule has 2 aromatic rings. The Bertz CT molecular complexity index is 1010. The average molecular weight is 419 g/mol. The number of amides is 1. The van der Waals surface area contributed by atoms with Crippen molar-refractivity contribution in [1.82, 2.24) is 19.8 Å². The Morgan fingerprint density at radius 1 is 1.10 bits per heavy atom. The molecule has 1 fully saturated rings. The number of carbonyl (C=O) groups is 1. The van der Waals surface area contributed by atoms with Crippen molar-refractivity contribution in [1.29, 1.82) is 0 Å². The Kier molecular flexibility index (Phi) is 5.90. The number of hydrogen-bond donors (Lipinski definition) is 2. The smallest absolute Gasteiger partial charge is 0.274 e. The summed E-state index contributed by atoms with van der Waals surface area (Å²) in [7, 11) is -3.62. The fourth-order valence-electron chi connectivity index (χ4n) is 3.25. The summed E-state index contributed by atoms with van der Waals surface area (Å²) in [5.41, 5.74) is 0.822. The molecular weight excluding hydrogens is 392 g/mol. The standard InChI is InChI=1S/C20H26N4O4S/c1-20(2,3)14-4-6-16(7-5-14)29(27,28)23-15-10-12-24(13-11-15)19(26)17-8-9-18(25)22-21-17/h4-9,15,23H,10-13H2,1-3H3,(H,22,25). The minimum absolute atomic E-state index is 0.0459. The number of likely N-dealkylation sites (tertiary alicyclic amines) is 1. The van der Waals surface area contributed by atoms with Crippen LogP contribution in [-0.4, -0.2) is 48.6 Å². The predicted molar refractivity (Wildman–Crippen MR) is 109 cm³/mol. The largest absolute Gasteiger partial charge is 0.337 e. The number of piperidine rings is 1. The van der Waals surface area contributed by atoms with Gasteiger partial charge < -0.3 is 4.90 Å². The molecule has 0 saturated carbocycles. The van der Waals surface area contributed by atoms with Crippen molar-refractivity contribution in [2.75, 3.05) is 13.1 Å². The van der Waals surface area contributed by atoms with E-state index in [2.05, 4.69) is 35.7 Å². The molecule has 0 bridgehead atoms. The topological polar surface area (TPSA) is 112 Å². The van der Waals surface area contributed by atoms with E-state index in [-0.39, 0.29) is 33.5 Å². The molecular formula is C20H26N4O4S. The number of aromatic amines is 1. The van der Waals surface area contributed by atoms with Crippen LogP contribution in [0.25, 0.3) is 0 Å². The minimum Gasteiger partial charge on any atom is -0.337 e. The first-order valence-corrected chi connectivity index (χ1v) is 11.0. The van der Waals surface area contributed by atoms with E-state index in [1.807, 2.05) is 12.1 Å². The van der Waals surface area contributed by atoms with Crippen LogP contribution in [-0.2, 0) is 15.4 Å². The summed E-state index contributed by atoms with van der Waals surface area (Å²) >= 11 is 0. The molecule has 8 nitrogen and oxygen atoms in total. The summed E-state index contributed by atoms with van der Waals surface area (Å²) in [4.78, 5) is 25.4. The molecule has 1 aliphatic rings. The maximum atomic E-state index is 12.7. The molecule has 0 spiro atoms. The quantitative estimate of drug-likeness (QED) is 0.784. The van der Waals surface area contributed by atoms with Gasteiger partial charge in [-0.2, -0.15) is 5.10 Å². The number of aromatic nitrogens is 2. The number of carbonyl (C=O) groups excluding carboxylic acids is 1. The lowest BCUT2D eigenvalue weighted by atomic mass is 9.87. The minimum atomic E-state index is -3.62. The van der Waals surface area contributed by atoms with Gasteiger partial charge in [0.25, 0.3) is 11.5 Å². The van der Waals surface area contributed by atoms with Crippen molar-refractivity contribution in [3.8, 4) is 0 Å². The van der Waals surface area contributed by atoms with Crippen LogP contribution in [0.5, 0.6) is 0 Å². The number of nitrogens with one attached hydrogen (secondary N) is 2. The second-order valence-corrected chi connectivity index (χ2v) is 9.98. The molecule has 156 valence electrons. The number of H-pyrrole nitrogens is 1. The Morgan fingerprint density at radius 2 is 1.72 bits per heavy atom. The highest BCUT2D eigenvalue weighted by Gasteiger charge is 2.28. The highest BCUT2D eigenvalue weighted by Crippen LogP contribution is 2.24. The van der Waals surface area contributed by atoms with Crippen LogP contribution in [0.1, 0.15) is 49.7 Å². The molecule has 2 N–H and O–H groups in total. The van der Waals surface area contributed by atoms with Gasteiger partial charge >= 0.3 is 0 Å². The molecule has 1 amide bonds. The summed E-state index contributed by atoms with van der Waals surface area (Å²) < 4.78 is 28.1. The Labute approximate surface area is 170 Å². The summed E-state index contributed by atoms with van der Waals surface area (Å²) in [5, 5.41) is 6.00. The van der Waals surface area contributed by atoms with Crippen LogP contribution in [0.3, 0.4) is 0 Å².